The second kappa shape index (κ2) is 7.37. The van der Waals surface area contributed by atoms with Gasteiger partial charge in [-0.05, 0) is 24.1 Å². The topological polar surface area (TPSA) is 79.3 Å². The minimum Gasteiger partial charge on any atom is -0.481 e. The zero-order valence-electron chi connectivity index (χ0n) is 13.4. The van der Waals surface area contributed by atoms with Gasteiger partial charge in [0.1, 0.15) is 4.88 Å². The van der Waals surface area contributed by atoms with E-state index in [0.717, 1.165) is 10.6 Å². The molecule has 2 rings (SSSR count). The van der Waals surface area contributed by atoms with Crippen molar-refractivity contribution in [2.75, 3.05) is 5.32 Å². The number of hydrogen-bond acceptors (Lipinski definition) is 4. The molecule has 2 aromatic rings. The van der Waals surface area contributed by atoms with E-state index in [1.807, 2.05) is 26.0 Å². The van der Waals surface area contributed by atoms with E-state index in [-0.39, 0.29) is 5.91 Å². The fraction of sp³-hybridized carbons (Fsp3) is 0.353. The van der Waals surface area contributed by atoms with Crippen molar-refractivity contribution in [3.63, 3.8) is 0 Å². The Morgan fingerprint density at radius 3 is 2.39 bits per heavy atom. The molecule has 0 aliphatic carbocycles. The number of nitrogens with zero attached hydrogens (tertiary/aromatic N) is 1. The first-order chi connectivity index (χ1) is 10.9. The van der Waals surface area contributed by atoms with E-state index < -0.39 is 11.9 Å². The minimum absolute atomic E-state index is 0.180. The molecule has 0 radical (unpaired) electrons. The number of nitrogens with one attached hydrogen (secondary N) is 1. The first-order valence-electron chi connectivity index (χ1n) is 7.45. The van der Waals surface area contributed by atoms with Crippen LogP contribution in [0, 0.1) is 5.92 Å². The maximum Gasteiger partial charge on any atom is 0.306 e. The third kappa shape index (κ3) is 4.63. The van der Waals surface area contributed by atoms with Crippen LogP contribution in [0.25, 0.3) is 0 Å². The van der Waals surface area contributed by atoms with Gasteiger partial charge in [0.2, 0.25) is 0 Å². The molecule has 122 valence electrons. The highest BCUT2D eigenvalue weighted by Crippen LogP contribution is 2.22. The molecule has 1 aromatic carbocycles. The molecule has 1 aromatic heterocycles. The van der Waals surface area contributed by atoms with Crippen molar-refractivity contribution in [3.8, 4) is 0 Å². The van der Waals surface area contributed by atoms with Gasteiger partial charge in [-0.15, -0.1) is 11.3 Å². The third-order valence-electron chi connectivity index (χ3n) is 3.42. The molecule has 0 saturated carbocycles. The lowest BCUT2D eigenvalue weighted by Gasteiger charge is -2.08. The van der Waals surface area contributed by atoms with Crippen molar-refractivity contribution >= 4 is 28.9 Å². The summed E-state index contributed by atoms with van der Waals surface area (Å²) in [6, 6.07) is 7.24. The number of carbonyl (C=O) groups excluding carboxylic acids is 1. The summed E-state index contributed by atoms with van der Waals surface area (Å²) in [6.07, 6.45) is 2.06. The molecular weight excluding hydrogens is 312 g/mol. The average molecular weight is 332 g/mol. The second-order valence-electron chi connectivity index (χ2n) is 5.81. The first-order valence-corrected chi connectivity index (χ1v) is 8.27. The fourth-order valence-electron chi connectivity index (χ4n) is 2.02. The predicted octanol–water partition coefficient (Wildman–Crippen LogP) is 3.78. The SMILES string of the molecule is CC(Cc1ccc(NC(=O)c2cnc(C(C)C)s2)cc1)C(=O)O. The number of amides is 1. The van der Waals surface area contributed by atoms with Gasteiger partial charge in [-0.2, -0.15) is 0 Å². The summed E-state index contributed by atoms with van der Waals surface area (Å²) in [5.74, 6) is -1.12. The molecule has 0 aliphatic rings. The summed E-state index contributed by atoms with van der Waals surface area (Å²) >= 11 is 1.39. The normalized spacial score (nSPS) is 12.2. The van der Waals surface area contributed by atoms with Gasteiger partial charge in [-0.3, -0.25) is 9.59 Å². The lowest BCUT2D eigenvalue weighted by Crippen LogP contribution is -2.12. The number of aromatic nitrogens is 1. The second-order valence-corrected chi connectivity index (χ2v) is 6.87. The molecule has 1 atom stereocenters. The van der Waals surface area contributed by atoms with Gasteiger partial charge >= 0.3 is 5.97 Å². The molecule has 0 fully saturated rings. The first kappa shape index (κ1) is 17.1. The van der Waals surface area contributed by atoms with Gasteiger partial charge in [0.05, 0.1) is 17.1 Å². The van der Waals surface area contributed by atoms with Crippen LogP contribution in [0.2, 0.25) is 0 Å². The number of carboxylic acid groups (broad SMARTS) is 1. The van der Waals surface area contributed by atoms with Gasteiger partial charge < -0.3 is 10.4 Å². The molecule has 5 nitrogen and oxygen atoms in total. The molecule has 1 amide bonds. The van der Waals surface area contributed by atoms with Crippen LogP contribution in [0.1, 0.15) is 46.9 Å². The van der Waals surface area contributed by atoms with Crippen molar-refractivity contribution < 1.29 is 14.7 Å². The van der Waals surface area contributed by atoms with E-state index in [4.69, 9.17) is 5.11 Å². The molecule has 2 N–H and O–H groups in total. The van der Waals surface area contributed by atoms with E-state index in [2.05, 4.69) is 10.3 Å². The zero-order valence-corrected chi connectivity index (χ0v) is 14.2. The van der Waals surface area contributed by atoms with Crippen LogP contribution in [0.15, 0.2) is 30.5 Å². The maximum absolute atomic E-state index is 12.2. The molecule has 1 unspecified atom stereocenters. The van der Waals surface area contributed by atoms with Crippen LogP contribution in [0.3, 0.4) is 0 Å². The van der Waals surface area contributed by atoms with Crippen molar-refractivity contribution in [1.29, 1.82) is 0 Å². The van der Waals surface area contributed by atoms with Crippen LogP contribution in [-0.4, -0.2) is 22.0 Å². The Balaban J connectivity index is 1.99. The van der Waals surface area contributed by atoms with E-state index in [1.165, 1.54) is 11.3 Å². The number of thiazole rings is 1. The summed E-state index contributed by atoms with van der Waals surface area (Å²) in [4.78, 5) is 27.9. The Bertz CT molecular complexity index is 692. The lowest BCUT2D eigenvalue weighted by molar-refractivity contribution is -0.141. The maximum atomic E-state index is 12.2. The minimum atomic E-state index is -0.812. The number of benzene rings is 1. The predicted molar refractivity (Wildman–Crippen MR) is 91.1 cm³/mol. The van der Waals surface area contributed by atoms with Crippen LogP contribution in [-0.2, 0) is 11.2 Å². The standard InChI is InChI=1S/C17H20N2O3S/c1-10(2)16-18-9-14(23-16)15(20)19-13-6-4-12(5-7-13)8-11(3)17(21)22/h4-7,9-11H,8H2,1-3H3,(H,19,20)(H,21,22). The van der Waals surface area contributed by atoms with Crippen molar-refractivity contribution in [2.24, 2.45) is 5.92 Å². The lowest BCUT2D eigenvalue weighted by atomic mass is 10.0. The molecule has 0 spiro atoms. The van der Waals surface area contributed by atoms with E-state index >= 15 is 0 Å². The van der Waals surface area contributed by atoms with E-state index in [1.54, 1.807) is 25.3 Å². The quantitative estimate of drug-likeness (QED) is 0.843. The highest BCUT2D eigenvalue weighted by atomic mass is 32.1. The Morgan fingerprint density at radius 1 is 1.22 bits per heavy atom. The van der Waals surface area contributed by atoms with Gasteiger partial charge in [-0.1, -0.05) is 32.9 Å². The fourth-order valence-corrected chi connectivity index (χ4v) is 2.83. The molecule has 6 heteroatoms. The van der Waals surface area contributed by atoms with Crippen LogP contribution in [0.5, 0.6) is 0 Å². The molecule has 0 saturated heterocycles. The summed E-state index contributed by atoms with van der Waals surface area (Å²) in [5, 5.41) is 12.7. The smallest absolute Gasteiger partial charge is 0.306 e. The highest BCUT2D eigenvalue weighted by molar-refractivity contribution is 7.13. The molecule has 0 aliphatic heterocycles. The van der Waals surface area contributed by atoms with Crippen molar-refractivity contribution in [2.45, 2.75) is 33.1 Å². The van der Waals surface area contributed by atoms with Crippen LogP contribution >= 0.6 is 11.3 Å². The van der Waals surface area contributed by atoms with Crippen LogP contribution in [0.4, 0.5) is 5.69 Å². The van der Waals surface area contributed by atoms with Gasteiger partial charge in [0.15, 0.2) is 0 Å². The Morgan fingerprint density at radius 2 is 1.87 bits per heavy atom. The molecule has 0 bridgehead atoms. The van der Waals surface area contributed by atoms with Gasteiger partial charge in [0, 0.05) is 11.6 Å². The van der Waals surface area contributed by atoms with E-state index in [0.29, 0.717) is 22.9 Å². The number of carbonyl (C=O) groups is 2. The average Bonchev–Trinajstić information content (AvgIpc) is 2.99. The summed E-state index contributed by atoms with van der Waals surface area (Å²) in [7, 11) is 0. The van der Waals surface area contributed by atoms with Gasteiger partial charge in [0.25, 0.3) is 5.91 Å². The third-order valence-corrected chi connectivity index (χ3v) is 4.71. The Hall–Kier alpha value is -2.21. The number of carboxylic acids is 1. The van der Waals surface area contributed by atoms with Crippen molar-refractivity contribution in [1.82, 2.24) is 4.98 Å². The Labute approximate surface area is 139 Å². The number of hydrogen-bond donors (Lipinski definition) is 2. The number of aliphatic carboxylic acids is 1. The molecule has 1 heterocycles. The largest absolute Gasteiger partial charge is 0.481 e. The Kier molecular flexibility index (Phi) is 5.50. The van der Waals surface area contributed by atoms with E-state index in [9.17, 15) is 9.59 Å². The molecular formula is C17H20N2O3S. The number of anilines is 1. The van der Waals surface area contributed by atoms with Gasteiger partial charge in [-0.25, -0.2) is 4.98 Å². The monoisotopic (exact) mass is 332 g/mol. The number of rotatable bonds is 6. The zero-order chi connectivity index (χ0) is 17.0. The highest BCUT2D eigenvalue weighted by Gasteiger charge is 2.14. The summed E-state index contributed by atoms with van der Waals surface area (Å²) < 4.78 is 0. The summed E-state index contributed by atoms with van der Waals surface area (Å²) in [5.41, 5.74) is 1.61. The van der Waals surface area contributed by atoms with Crippen molar-refractivity contribution in [3.05, 3.63) is 45.9 Å². The summed E-state index contributed by atoms with van der Waals surface area (Å²) in [6.45, 7) is 5.75. The van der Waals surface area contributed by atoms with Crippen LogP contribution < -0.4 is 5.32 Å². The molecule has 23 heavy (non-hydrogen) atoms.